The molecule has 0 saturated carbocycles. The topological polar surface area (TPSA) is 37.3 Å². The van der Waals surface area contributed by atoms with E-state index in [1.165, 1.54) is 6.07 Å². The molecule has 0 bridgehead atoms. The second kappa shape index (κ2) is 4.93. The van der Waals surface area contributed by atoms with Crippen molar-refractivity contribution in [3.63, 3.8) is 0 Å². The van der Waals surface area contributed by atoms with Gasteiger partial charge < -0.3 is 5.11 Å². The number of carboxylic acid groups (broad SMARTS) is 1. The Morgan fingerprint density at radius 2 is 1.68 bits per heavy atom. The van der Waals surface area contributed by atoms with Gasteiger partial charge in [0.2, 0.25) is 0 Å². The fourth-order valence-electron chi connectivity index (χ4n) is 1.63. The average Bonchev–Trinajstić information content (AvgIpc) is 2.32. The van der Waals surface area contributed by atoms with Crippen molar-refractivity contribution in [2.24, 2.45) is 0 Å². The molecular formula is C13H6ClF3O2. The lowest BCUT2D eigenvalue weighted by Gasteiger charge is -2.08. The summed E-state index contributed by atoms with van der Waals surface area (Å²) < 4.78 is 40.2. The minimum absolute atomic E-state index is 0.0800. The fourth-order valence-corrected chi connectivity index (χ4v) is 1.89. The van der Waals surface area contributed by atoms with Gasteiger partial charge in [0.1, 0.15) is 17.5 Å². The second-order valence-electron chi connectivity index (χ2n) is 3.74. The van der Waals surface area contributed by atoms with E-state index in [1.54, 1.807) is 0 Å². The van der Waals surface area contributed by atoms with Crippen molar-refractivity contribution >= 4 is 17.6 Å². The van der Waals surface area contributed by atoms with Crippen LogP contribution in [0, 0.1) is 17.5 Å². The standard InChI is InChI=1S/C13H6ClF3O2/c14-10-3-6(15)1-2-7(10)8-4-12(17)9(13(18)19)5-11(8)16/h1-5H,(H,18,19). The van der Waals surface area contributed by atoms with Crippen molar-refractivity contribution < 1.29 is 23.1 Å². The first-order chi connectivity index (χ1) is 8.90. The third-order valence-corrected chi connectivity index (χ3v) is 2.82. The van der Waals surface area contributed by atoms with E-state index in [4.69, 9.17) is 16.7 Å². The predicted octanol–water partition coefficient (Wildman–Crippen LogP) is 4.12. The van der Waals surface area contributed by atoms with E-state index in [0.29, 0.717) is 6.07 Å². The van der Waals surface area contributed by atoms with Crippen LogP contribution in [0.2, 0.25) is 5.02 Å². The van der Waals surface area contributed by atoms with Gasteiger partial charge in [0, 0.05) is 11.1 Å². The minimum atomic E-state index is -1.58. The zero-order valence-corrected chi connectivity index (χ0v) is 10.0. The van der Waals surface area contributed by atoms with Gasteiger partial charge in [-0.3, -0.25) is 0 Å². The van der Waals surface area contributed by atoms with Gasteiger partial charge in [-0.1, -0.05) is 11.6 Å². The van der Waals surface area contributed by atoms with Gasteiger partial charge in [0.25, 0.3) is 0 Å². The summed E-state index contributed by atoms with van der Waals surface area (Å²) in [6.45, 7) is 0. The molecule has 0 aliphatic carbocycles. The van der Waals surface area contributed by atoms with Crippen molar-refractivity contribution in [1.82, 2.24) is 0 Å². The van der Waals surface area contributed by atoms with Gasteiger partial charge in [0.15, 0.2) is 0 Å². The second-order valence-corrected chi connectivity index (χ2v) is 4.15. The zero-order chi connectivity index (χ0) is 14.2. The molecule has 0 heterocycles. The number of aromatic carboxylic acids is 1. The molecule has 0 aromatic heterocycles. The highest BCUT2D eigenvalue weighted by atomic mass is 35.5. The molecule has 2 aromatic rings. The number of hydrogen-bond acceptors (Lipinski definition) is 1. The van der Waals surface area contributed by atoms with Crippen LogP contribution in [-0.4, -0.2) is 11.1 Å². The lowest BCUT2D eigenvalue weighted by atomic mass is 10.0. The summed E-state index contributed by atoms with van der Waals surface area (Å²) in [4.78, 5) is 10.7. The number of hydrogen-bond donors (Lipinski definition) is 1. The van der Waals surface area contributed by atoms with E-state index in [0.717, 1.165) is 18.2 Å². The molecule has 98 valence electrons. The summed E-state index contributed by atoms with van der Waals surface area (Å²) in [6.07, 6.45) is 0. The zero-order valence-electron chi connectivity index (χ0n) is 9.25. The first-order valence-corrected chi connectivity index (χ1v) is 5.45. The SMILES string of the molecule is O=C(O)c1cc(F)c(-c2ccc(F)cc2Cl)cc1F. The van der Waals surface area contributed by atoms with E-state index < -0.39 is 29.0 Å². The maximum Gasteiger partial charge on any atom is 0.338 e. The molecule has 6 heteroatoms. The molecular weight excluding hydrogens is 281 g/mol. The first-order valence-electron chi connectivity index (χ1n) is 5.08. The Morgan fingerprint density at radius 1 is 1.00 bits per heavy atom. The summed E-state index contributed by atoms with van der Waals surface area (Å²) >= 11 is 5.75. The van der Waals surface area contributed by atoms with Crippen LogP contribution in [0.5, 0.6) is 0 Å². The first kappa shape index (κ1) is 13.4. The summed E-state index contributed by atoms with van der Waals surface area (Å²) in [7, 11) is 0. The molecule has 2 aromatic carbocycles. The van der Waals surface area contributed by atoms with Gasteiger partial charge in [-0.2, -0.15) is 0 Å². The number of carboxylic acids is 1. The Balaban J connectivity index is 2.63. The minimum Gasteiger partial charge on any atom is -0.478 e. The quantitative estimate of drug-likeness (QED) is 0.901. The number of benzene rings is 2. The molecule has 2 nitrogen and oxygen atoms in total. The summed E-state index contributed by atoms with van der Waals surface area (Å²) in [6, 6.07) is 4.48. The Morgan fingerprint density at radius 3 is 2.26 bits per heavy atom. The van der Waals surface area contributed by atoms with Crippen LogP contribution < -0.4 is 0 Å². The lowest BCUT2D eigenvalue weighted by Crippen LogP contribution is -2.02. The highest BCUT2D eigenvalue weighted by Gasteiger charge is 2.17. The average molecular weight is 287 g/mol. The predicted molar refractivity (Wildman–Crippen MR) is 63.7 cm³/mol. The van der Waals surface area contributed by atoms with Gasteiger partial charge in [-0.05, 0) is 30.3 Å². The maximum absolute atomic E-state index is 13.8. The molecule has 2 rings (SSSR count). The monoisotopic (exact) mass is 286 g/mol. The molecule has 0 fully saturated rings. The van der Waals surface area contributed by atoms with Crippen LogP contribution >= 0.6 is 11.6 Å². The molecule has 19 heavy (non-hydrogen) atoms. The molecule has 0 spiro atoms. The van der Waals surface area contributed by atoms with Crippen LogP contribution in [0.3, 0.4) is 0 Å². The lowest BCUT2D eigenvalue weighted by molar-refractivity contribution is 0.0691. The van der Waals surface area contributed by atoms with Gasteiger partial charge in [0.05, 0.1) is 10.6 Å². The van der Waals surface area contributed by atoms with Crippen LogP contribution in [0.4, 0.5) is 13.2 Å². The van der Waals surface area contributed by atoms with Crippen molar-refractivity contribution in [3.05, 3.63) is 58.4 Å². The smallest absolute Gasteiger partial charge is 0.338 e. The Hall–Kier alpha value is -2.01. The Labute approximate surface area is 111 Å². The highest BCUT2D eigenvalue weighted by molar-refractivity contribution is 6.33. The molecule has 0 atom stereocenters. The highest BCUT2D eigenvalue weighted by Crippen LogP contribution is 2.31. The summed E-state index contributed by atoms with van der Waals surface area (Å²) in [5.74, 6) is -4.23. The van der Waals surface area contributed by atoms with E-state index in [1.807, 2.05) is 0 Å². The van der Waals surface area contributed by atoms with E-state index in [2.05, 4.69) is 0 Å². The summed E-state index contributed by atoms with van der Waals surface area (Å²) in [5, 5.41) is 8.56. The van der Waals surface area contributed by atoms with Crippen LogP contribution in [0.25, 0.3) is 11.1 Å². The molecule has 0 aliphatic rings. The molecule has 1 N–H and O–H groups in total. The molecule has 0 unspecified atom stereocenters. The third-order valence-electron chi connectivity index (χ3n) is 2.51. The maximum atomic E-state index is 13.8. The fraction of sp³-hybridized carbons (Fsp3) is 0. The number of rotatable bonds is 2. The normalized spacial score (nSPS) is 10.5. The van der Waals surface area contributed by atoms with Crippen molar-refractivity contribution in [1.29, 1.82) is 0 Å². The molecule has 0 aliphatic heterocycles. The van der Waals surface area contributed by atoms with Crippen molar-refractivity contribution in [3.8, 4) is 11.1 Å². The molecule has 0 amide bonds. The molecule has 0 radical (unpaired) electrons. The van der Waals surface area contributed by atoms with E-state index >= 15 is 0 Å². The largest absolute Gasteiger partial charge is 0.478 e. The molecule has 0 saturated heterocycles. The Bertz CT molecular complexity index is 671. The van der Waals surface area contributed by atoms with E-state index in [9.17, 15) is 18.0 Å². The van der Waals surface area contributed by atoms with Gasteiger partial charge >= 0.3 is 5.97 Å². The summed E-state index contributed by atoms with van der Waals surface area (Å²) in [5.41, 5.74) is -0.927. The van der Waals surface area contributed by atoms with Crippen LogP contribution in [-0.2, 0) is 0 Å². The van der Waals surface area contributed by atoms with Gasteiger partial charge in [-0.25, -0.2) is 18.0 Å². The van der Waals surface area contributed by atoms with Crippen molar-refractivity contribution in [2.75, 3.05) is 0 Å². The van der Waals surface area contributed by atoms with Crippen molar-refractivity contribution in [2.45, 2.75) is 0 Å². The number of halogens is 4. The third kappa shape index (κ3) is 2.56. The number of carbonyl (C=O) groups is 1. The van der Waals surface area contributed by atoms with E-state index in [-0.39, 0.29) is 16.1 Å². The van der Waals surface area contributed by atoms with Crippen LogP contribution in [0.15, 0.2) is 30.3 Å². The van der Waals surface area contributed by atoms with Crippen LogP contribution in [0.1, 0.15) is 10.4 Å². The van der Waals surface area contributed by atoms with Gasteiger partial charge in [-0.15, -0.1) is 0 Å². The Kier molecular flexibility index (Phi) is 3.48.